The summed E-state index contributed by atoms with van der Waals surface area (Å²) in [6.07, 6.45) is 0. The maximum absolute atomic E-state index is 12.4. The number of halogens is 1. The molecule has 0 spiro atoms. The van der Waals surface area contributed by atoms with Gasteiger partial charge in [-0.05, 0) is 36.4 Å². The van der Waals surface area contributed by atoms with Crippen LogP contribution in [0.2, 0.25) is 5.02 Å². The summed E-state index contributed by atoms with van der Waals surface area (Å²) in [5.74, 6) is 0.492. The van der Waals surface area contributed by atoms with Gasteiger partial charge >= 0.3 is 6.03 Å². The second-order valence-electron chi connectivity index (χ2n) is 6.05. The largest absolute Gasteiger partial charge is 0.336 e. The van der Waals surface area contributed by atoms with Crippen LogP contribution in [0.1, 0.15) is 0 Å². The Bertz CT molecular complexity index is 1010. The van der Waals surface area contributed by atoms with Crippen LogP contribution in [0.3, 0.4) is 0 Å². The molecule has 7 nitrogen and oxygen atoms in total. The molecule has 0 bridgehead atoms. The maximum atomic E-state index is 12.4. The molecule has 3 amide bonds. The van der Waals surface area contributed by atoms with Gasteiger partial charge < -0.3 is 5.32 Å². The van der Waals surface area contributed by atoms with E-state index in [2.05, 4.69) is 15.5 Å². The Morgan fingerprint density at radius 3 is 2.54 bits per heavy atom. The first-order chi connectivity index (χ1) is 13.6. The first-order valence-corrected chi connectivity index (χ1v) is 9.97. The number of para-hydroxylation sites is 1. The highest BCUT2D eigenvalue weighted by atomic mass is 35.5. The topological polar surface area (TPSA) is 80.1 Å². The molecule has 0 atom stereocenters. The zero-order valence-electron chi connectivity index (χ0n) is 14.7. The number of amides is 3. The molecular formula is C19H16ClN5O2S. The lowest BCUT2D eigenvalue weighted by atomic mass is 10.2. The Kier molecular flexibility index (Phi) is 5.31. The van der Waals surface area contributed by atoms with Crippen LogP contribution in [-0.2, 0) is 4.79 Å². The Morgan fingerprint density at radius 1 is 1.11 bits per heavy atom. The van der Waals surface area contributed by atoms with E-state index in [-0.39, 0.29) is 17.7 Å². The van der Waals surface area contributed by atoms with Gasteiger partial charge in [0, 0.05) is 29.4 Å². The highest BCUT2D eigenvalue weighted by Crippen LogP contribution is 2.28. The molecule has 1 N–H and O–H groups in total. The Morgan fingerprint density at radius 2 is 1.86 bits per heavy atom. The maximum Gasteiger partial charge on any atom is 0.324 e. The van der Waals surface area contributed by atoms with Crippen molar-refractivity contribution in [2.45, 2.75) is 5.16 Å². The number of hydrogen-bond acceptors (Lipinski definition) is 5. The van der Waals surface area contributed by atoms with Crippen LogP contribution >= 0.6 is 23.4 Å². The van der Waals surface area contributed by atoms with E-state index >= 15 is 0 Å². The van der Waals surface area contributed by atoms with Crippen molar-refractivity contribution in [2.24, 2.45) is 0 Å². The number of imide groups is 1. The van der Waals surface area contributed by atoms with Crippen LogP contribution < -0.4 is 5.32 Å². The number of rotatable bonds is 5. The molecular weight excluding hydrogens is 398 g/mol. The van der Waals surface area contributed by atoms with Crippen molar-refractivity contribution in [3.63, 3.8) is 0 Å². The lowest BCUT2D eigenvalue weighted by Crippen LogP contribution is -2.35. The number of carbonyl (C=O) groups is 2. The fourth-order valence-electron chi connectivity index (χ4n) is 2.87. The number of carbonyl (C=O) groups excluding carboxylic acids is 2. The van der Waals surface area contributed by atoms with E-state index in [1.165, 1.54) is 16.7 Å². The van der Waals surface area contributed by atoms with E-state index in [0.29, 0.717) is 29.1 Å². The summed E-state index contributed by atoms with van der Waals surface area (Å²) in [5, 5.41) is 12.4. The molecule has 0 radical (unpaired) electrons. The van der Waals surface area contributed by atoms with Gasteiger partial charge in [0.15, 0.2) is 11.0 Å². The van der Waals surface area contributed by atoms with E-state index in [4.69, 9.17) is 11.6 Å². The van der Waals surface area contributed by atoms with Gasteiger partial charge in [0.1, 0.15) is 0 Å². The summed E-state index contributed by atoms with van der Waals surface area (Å²) >= 11 is 7.25. The van der Waals surface area contributed by atoms with E-state index in [1.807, 2.05) is 47.0 Å². The van der Waals surface area contributed by atoms with Crippen LogP contribution in [0.25, 0.3) is 17.1 Å². The standard InChI is InChI=1S/C19H16ClN5O2S/c20-14-8-6-13(7-9-14)17-22-23-19(25(17)15-4-2-1-3-5-15)28-12-16(26)24-11-10-21-18(24)27/h1-9H,10-12H2,(H,21,27). The fraction of sp³-hybridized carbons (Fsp3) is 0.158. The van der Waals surface area contributed by atoms with Crippen LogP contribution in [0.15, 0.2) is 59.8 Å². The van der Waals surface area contributed by atoms with Crippen molar-refractivity contribution in [1.29, 1.82) is 0 Å². The normalized spacial score (nSPS) is 13.6. The van der Waals surface area contributed by atoms with Gasteiger partial charge in [-0.25, -0.2) is 4.79 Å². The zero-order valence-corrected chi connectivity index (χ0v) is 16.3. The third-order valence-electron chi connectivity index (χ3n) is 4.23. The van der Waals surface area contributed by atoms with Crippen LogP contribution in [0.5, 0.6) is 0 Å². The number of aromatic nitrogens is 3. The van der Waals surface area contributed by atoms with E-state index in [9.17, 15) is 9.59 Å². The molecule has 2 heterocycles. The number of thioether (sulfide) groups is 1. The average molecular weight is 414 g/mol. The van der Waals surface area contributed by atoms with Crippen molar-refractivity contribution in [1.82, 2.24) is 25.0 Å². The average Bonchev–Trinajstić information content (AvgIpc) is 3.33. The first-order valence-electron chi connectivity index (χ1n) is 8.61. The minimum Gasteiger partial charge on any atom is -0.336 e. The van der Waals surface area contributed by atoms with E-state index < -0.39 is 0 Å². The second-order valence-corrected chi connectivity index (χ2v) is 7.43. The van der Waals surface area contributed by atoms with E-state index in [1.54, 1.807) is 12.1 Å². The number of nitrogens with zero attached hydrogens (tertiary/aromatic N) is 4. The molecule has 0 unspecified atom stereocenters. The number of urea groups is 1. The molecule has 142 valence electrons. The van der Waals surface area contributed by atoms with Crippen molar-refractivity contribution in [3.8, 4) is 17.1 Å². The Labute approximate surface area is 170 Å². The minimum atomic E-state index is -0.350. The van der Waals surface area contributed by atoms with Gasteiger partial charge in [-0.3, -0.25) is 14.3 Å². The molecule has 1 saturated heterocycles. The van der Waals surface area contributed by atoms with Gasteiger partial charge in [-0.15, -0.1) is 10.2 Å². The summed E-state index contributed by atoms with van der Waals surface area (Å²) in [4.78, 5) is 25.3. The molecule has 1 fully saturated rings. The van der Waals surface area contributed by atoms with E-state index in [0.717, 1.165) is 11.3 Å². The van der Waals surface area contributed by atoms with Crippen molar-refractivity contribution < 1.29 is 9.59 Å². The van der Waals surface area contributed by atoms with Gasteiger partial charge in [-0.1, -0.05) is 41.6 Å². The SMILES string of the molecule is O=C(CSc1nnc(-c2ccc(Cl)cc2)n1-c1ccccc1)N1CCNC1=O. The molecule has 0 saturated carbocycles. The lowest BCUT2D eigenvalue weighted by molar-refractivity contribution is -0.124. The Hall–Kier alpha value is -2.84. The molecule has 1 aliphatic rings. The predicted molar refractivity (Wildman–Crippen MR) is 108 cm³/mol. The molecule has 9 heteroatoms. The van der Waals surface area contributed by atoms with Crippen LogP contribution in [0, 0.1) is 0 Å². The molecule has 1 aromatic heterocycles. The smallest absolute Gasteiger partial charge is 0.324 e. The van der Waals surface area contributed by atoms with Crippen LogP contribution in [-0.4, -0.2) is 50.4 Å². The monoisotopic (exact) mass is 413 g/mol. The van der Waals surface area contributed by atoms with Gasteiger partial charge in [0.05, 0.1) is 5.75 Å². The predicted octanol–water partition coefficient (Wildman–Crippen LogP) is 3.23. The van der Waals surface area contributed by atoms with Gasteiger partial charge in [-0.2, -0.15) is 0 Å². The van der Waals surface area contributed by atoms with Crippen molar-refractivity contribution in [2.75, 3.05) is 18.8 Å². The lowest BCUT2D eigenvalue weighted by Gasteiger charge is -2.13. The number of nitrogens with one attached hydrogen (secondary N) is 1. The first kappa shape index (κ1) is 18.5. The van der Waals surface area contributed by atoms with Crippen molar-refractivity contribution in [3.05, 3.63) is 59.6 Å². The number of benzene rings is 2. The summed E-state index contributed by atoms with van der Waals surface area (Å²) in [6.45, 7) is 0.871. The summed E-state index contributed by atoms with van der Waals surface area (Å²) < 4.78 is 1.89. The molecule has 0 aliphatic carbocycles. The molecule has 28 heavy (non-hydrogen) atoms. The Balaban J connectivity index is 1.64. The highest BCUT2D eigenvalue weighted by Gasteiger charge is 2.26. The fourth-order valence-corrected chi connectivity index (χ4v) is 3.83. The molecule has 4 rings (SSSR count). The minimum absolute atomic E-state index is 0.0962. The number of hydrogen-bond donors (Lipinski definition) is 1. The quantitative estimate of drug-likeness (QED) is 0.649. The van der Waals surface area contributed by atoms with Crippen LogP contribution in [0.4, 0.5) is 4.79 Å². The van der Waals surface area contributed by atoms with Gasteiger partial charge in [0.25, 0.3) is 0 Å². The zero-order chi connectivity index (χ0) is 19.5. The van der Waals surface area contributed by atoms with Crippen molar-refractivity contribution >= 4 is 35.3 Å². The summed E-state index contributed by atoms with van der Waals surface area (Å²) in [5.41, 5.74) is 1.74. The summed E-state index contributed by atoms with van der Waals surface area (Å²) in [7, 11) is 0. The molecule has 1 aliphatic heterocycles. The third kappa shape index (κ3) is 3.74. The third-order valence-corrected chi connectivity index (χ3v) is 5.40. The molecule has 2 aromatic carbocycles. The highest BCUT2D eigenvalue weighted by molar-refractivity contribution is 7.99. The second kappa shape index (κ2) is 8.04. The summed E-state index contributed by atoms with van der Waals surface area (Å²) in [6, 6.07) is 16.7. The van der Waals surface area contributed by atoms with Gasteiger partial charge in [0.2, 0.25) is 5.91 Å². The molecule has 3 aromatic rings.